The fourth-order valence-electron chi connectivity index (χ4n) is 6.35. The smallest absolute Gasteiger partial charge is 0.250 e. The average Bonchev–Trinajstić information content (AvgIpc) is 3.54. The molecule has 1 spiro atoms. The quantitative estimate of drug-likeness (QED) is 0.492. The predicted octanol–water partition coefficient (Wildman–Crippen LogP) is 3.03. The Morgan fingerprint density at radius 3 is 2.58 bits per heavy atom. The van der Waals surface area contributed by atoms with Crippen LogP contribution in [-0.4, -0.2) is 64.7 Å². The van der Waals surface area contributed by atoms with Crippen molar-refractivity contribution in [2.75, 3.05) is 23.8 Å². The van der Waals surface area contributed by atoms with E-state index in [4.69, 9.17) is 9.47 Å². The number of ether oxygens (including phenoxy) is 2. The molecule has 9 nitrogen and oxygen atoms in total. The summed E-state index contributed by atoms with van der Waals surface area (Å²) in [5, 5.41) is 15.9. The van der Waals surface area contributed by atoms with Gasteiger partial charge in [0, 0.05) is 11.4 Å². The molecule has 0 aliphatic carbocycles. The lowest BCUT2D eigenvalue weighted by molar-refractivity contribution is -0.142. The highest BCUT2D eigenvalue weighted by Crippen LogP contribution is 2.59. The summed E-state index contributed by atoms with van der Waals surface area (Å²) in [6.45, 7) is 7.68. The maximum atomic E-state index is 13.9. The number of carbonyl (C=O) groups is 3. The number of carbonyl (C=O) groups excluding carboxylic acids is 3. The number of anilines is 2. The van der Waals surface area contributed by atoms with Crippen molar-refractivity contribution in [3.05, 3.63) is 53.6 Å². The number of hydrogen-bond acceptors (Lipinski definition) is 6. The number of likely N-dealkylation sites (tertiary alicyclic amines) is 1. The molecule has 0 aromatic heterocycles. The van der Waals surface area contributed by atoms with E-state index in [1.54, 1.807) is 31.2 Å². The molecule has 202 valence electrons. The summed E-state index contributed by atoms with van der Waals surface area (Å²) in [5.74, 6) is -1.87. The second-order valence-corrected chi connectivity index (χ2v) is 10.6. The molecule has 9 heteroatoms. The molecule has 0 saturated carbocycles. The standard InChI is InChI=1S/C29H35N3O6/c1-5-37-20-10-8-19(9-11-20)30-26(34)23-22-12-13-29(38-22)24(23)28(36)32(18(4)15-33)25(29)27(35)31-21-14-16(2)6-7-17(21)3/h6-11,14,18,22-25,33H,5,12-13,15H2,1-4H3,(H,30,34)(H,31,35)/t18-,22+,23-,24+,25?,29?/m1/s1. The van der Waals surface area contributed by atoms with Gasteiger partial charge in [-0.25, -0.2) is 0 Å². The Labute approximate surface area is 222 Å². The van der Waals surface area contributed by atoms with E-state index in [0.29, 0.717) is 36.6 Å². The molecule has 38 heavy (non-hydrogen) atoms. The number of rotatable bonds is 8. The van der Waals surface area contributed by atoms with Crippen LogP contribution < -0.4 is 15.4 Å². The Morgan fingerprint density at radius 2 is 1.89 bits per heavy atom. The molecule has 3 heterocycles. The zero-order chi connectivity index (χ0) is 27.2. The van der Waals surface area contributed by atoms with Crippen LogP contribution in [0.25, 0.3) is 0 Å². The molecule has 6 atom stereocenters. The van der Waals surface area contributed by atoms with E-state index in [1.807, 2.05) is 39.0 Å². The maximum Gasteiger partial charge on any atom is 0.250 e. The van der Waals surface area contributed by atoms with E-state index < -0.39 is 35.6 Å². The molecule has 3 N–H and O–H groups in total. The van der Waals surface area contributed by atoms with Crippen LogP contribution in [0.15, 0.2) is 42.5 Å². The molecule has 3 fully saturated rings. The van der Waals surface area contributed by atoms with Gasteiger partial charge in [0.05, 0.1) is 37.2 Å². The number of hydrogen-bond donors (Lipinski definition) is 3. The van der Waals surface area contributed by atoms with Gasteiger partial charge in [-0.15, -0.1) is 0 Å². The number of aryl methyl sites for hydroxylation is 2. The van der Waals surface area contributed by atoms with Gasteiger partial charge in [0.25, 0.3) is 0 Å². The number of fused-ring (bicyclic) bond motifs is 1. The minimum Gasteiger partial charge on any atom is -0.494 e. The van der Waals surface area contributed by atoms with Gasteiger partial charge in [0.2, 0.25) is 17.7 Å². The highest BCUT2D eigenvalue weighted by Gasteiger charge is 2.74. The summed E-state index contributed by atoms with van der Waals surface area (Å²) >= 11 is 0. The van der Waals surface area contributed by atoms with Crippen LogP contribution in [0.5, 0.6) is 5.75 Å². The average molecular weight is 522 g/mol. The second kappa shape index (κ2) is 10.0. The Bertz CT molecular complexity index is 1250. The molecule has 0 radical (unpaired) electrons. The van der Waals surface area contributed by atoms with Crippen LogP contribution in [0.3, 0.4) is 0 Å². The third-order valence-corrected chi connectivity index (χ3v) is 8.11. The van der Waals surface area contributed by atoms with Crippen molar-refractivity contribution < 1.29 is 29.0 Å². The van der Waals surface area contributed by atoms with Crippen LogP contribution in [0, 0.1) is 25.7 Å². The Kier molecular flexibility index (Phi) is 6.92. The van der Waals surface area contributed by atoms with Gasteiger partial charge in [-0.3, -0.25) is 14.4 Å². The van der Waals surface area contributed by atoms with E-state index in [2.05, 4.69) is 10.6 Å². The Balaban J connectivity index is 1.44. The number of nitrogens with one attached hydrogen (secondary N) is 2. The molecular weight excluding hydrogens is 486 g/mol. The molecule has 2 aromatic rings. The van der Waals surface area contributed by atoms with Gasteiger partial charge >= 0.3 is 0 Å². The first-order valence-electron chi connectivity index (χ1n) is 13.2. The van der Waals surface area contributed by atoms with Gasteiger partial charge in [-0.2, -0.15) is 0 Å². The fourth-order valence-corrected chi connectivity index (χ4v) is 6.35. The highest BCUT2D eigenvalue weighted by molar-refractivity contribution is 6.05. The summed E-state index contributed by atoms with van der Waals surface area (Å²) in [6.07, 6.45) is 0.592. The molecule has 3 saturated heterocycles. The monoisotopic (exact) mass is 521 g/mol. The molecule has 3 amide bonds. The minimum atomic E-state index is -1.13. The lowest BCUT2D eigenvalue weighted by atomic mass is 9.70. The zero-order valence-electron chi connectivity index (χ0n) is 22.2. The van der Waals surface area contributed by atoms with Gasteiger partial charge in [-0.1, -0.05) is 12.1 Å². The fraction of sp³-hybridized carbons (Fsp3) is 0.483. The molecule has 5 rings (SSSR count). The SMILES string of the molecule is CCOc1ccc(NC(=O)[C@@H]2[C@@H]3CCC4(O3)C(C(=O)Nc3cc(C)ccc3C)N([C@H](C)CO)C(=O)[C@H]24)cc1. The largest absolute Gasteiger partial charge is 0.494 e. The van der Waals surface area contributed by atoms with Gasteiger partial charge < -0.3 is 30.1 Å². The van der Waals surface area contributed by atoms with Crippen LogP contribution in [0.1, 0.15) is 37.8 Å². The second-order valence-electron chi connectivity index (χ2n) is 10.6. The number of benzene rings is 2. The van der Waals surface area contributed by atoms with E-state index in [9.17, 15) is 19.5 Å². The first kappa shape index (κ1) is 26.2. The summed E-state index contributed by atoms with van der Waals surface area (Å²) in [4.78, 5) is 42.7. The van der Waals surface area contributed by atoms with E-state index >= 15 is 0 Å². The van der Waals surface area contributed by atoms with E-state index in [0.717, 1.165) is 11.1 Å². The zero-order valence-corrected chi connectivity index (χ0v) is 22.2. The summed E-state index contributed by atoms with van der Waals surface area (Å²) < 4.78 is 11.9. The minimum absolute atomic E-state index is 0.311. The normalized spacial score (nSPS) is 28.2. The predicted molar refractivity (Wildman–Crippen MR) is 142 cm³/mol. The van der Waals surface area contributed by atoms with Gasteiger partial charge in [0.1, 0.15) is 17.4 Å². The van der Waals surface area contributed by atoms with Crippen LogP contribution in [0.2, 0.25) is 0 Å². The van der Waals surface area contributed by atoms with Crippen molar-refractivity contribution in [1.82, 2.24) is 4.90 Å². The van der Waals surface area contributed by atoms with Crippen LogP contribution in [0.4, 0.5) is 11.4 Å². The molecular formula is C29H35N3O6. The lowest BCUT2D eigenvalue weighted by Gasteiger charge is -2.35. The van der Waals surface area contributed by atoms with Crippen molar-refractivity contribution in [2.24, 2.45) is 11.8 Å². The van der Waals surface area contributed by atoms with Gasteiger partial charge in [-0.05, 0) is 82.0 Å². The first-order valence-corrected chi connectivity index (χ1v) is 13.2. The Hall–Kier alpha value is -3.43. The highest BCUT2D eigenvalue weighted by atomic mass is 16.5. The molecule has 3 aliphatic heterocycles. The van der Waals surface area contributed by atoms with Crippen molar-refractivity contribution in [3.63, 3.8) is 0 Å². The van der Waals surface area contributed by atoms with Crippen LogP contribution >= 0.6 is 0 Å². The summed E-state index contributed by atoms with van der Waals surface area (Å²) in [5.41, 5.74) is 2.01. The molecule has 2 bridgehead atoms. The van der Waals surface area contributed by atoms with E-state index in [-0.39, 0.29) is 24.3 Å². The topological polar surface area (TPSA) is 117 Å². The summed E-state index contributed by atoms with van der Waals surface area (Å²) in [6, 6.07) is 11.3. The first-order chi connectivity index (χ1) is 18.2. The van der Waals surface area contributed by atoms with Crippen molar-refractivity contribution >= 4 is 29.1 Å². The number of amides is 3. The van der Waals surface area contributed by atoms with Crippen LogP contribution in [-0.2, 0) is 19.1 Å². The number of aliphatic hydroxyl groups is 1. The lowest BCUT2D eigenvalue weighted by Crippen LogP contribution is -2.55. The van der Waals surface area contributed by atoms with Crippen molar-refractivity contribution in [1.29, 1.82) is 0 Å². The molecule has 2 unspecified atom stereocenters. The third kappa shape index (κ3) is 4.23. The van der Waals surface area contributed by atoms with Crippen molar-refractivity contribution in [2.45, 2.75) is 64.3 Å². The number of nitrogens with zero attached hydrogens (tertiary/aromatic N) is 1. The third-order valence-electron chi connectivity index (χ3n) is 8.11. The number of aliphatic hydroxyl groups excluding tert-OH is 1. The maximum absolute atomic E-state index is 13.9. The summed E-state index contributed by atoms with van der Waals surface area (Å²) in [7, 11) is 0. The van der Waals surface area contributed by atoms with Gasteiger partial charge in [0.15, 0.2) is 0 Å². The molecule has 2 aromatic carbocycles. The molecule has 3 aliphatic rings. The van der Waals surface area contributed by atoms with Crippen molar-refractivity contribution in [3.8, 4) is 5.75 Å². The van der Waals surface area contributed by atoms with E-state index in [1.165, 1.54) is 4.90 Å². The Morgan fingerprint density at radius 1 is 1.16 bits per heavy atom.